The summed E-state index contributed by atoms with van der Waals surface area (Å²) in [6.45, 7) is 6.09. The third-order valence-corrected chi connectivity index (χ3v) is 4.27. The molecule has 7 nitrogen and oxygen atoms in total. The Morgan fingerprint density at radius 3 is 2.50 bits per heavy atom. The van der Waals surface area contributed by atoms with Gasteiger partial charge in [-0.1, -0.05) is 29.8 Å². The highest BCUT2D eigenvalue weighted by Crippen LogP contribution is 2.14. The van der Waals surface area contributed by atoms with Gasteiger partial charge in [0, 0.05) is 12.1 Å². The number of benzene rings is 2. The van der Waals surface area contributed by atoms with Crippen molar-refractivity contribution in [1.29, 1.82) is 0 Å². The third kappa shape index (κ3) is 4.22. The minimum Gasteiger partial charge on any atom is -0.346 e. The fourth-order valence-electron chi connectivity index (χ4n) is 2.90. The summed E-state index contributed by atoms with van der Waals surface area (Å²) in [5.41, 5.74) is 3.86. The summed E-state index contributed by atoms with van der Waals surface area (Å²) in [6, 6.07) is 9.75. The van der Waals surface area contributed by atoms with E-state index in [1.165, 1.54) is 12.1 Å². The first-order chi connectivity index (χ1) is 13.3. The number of hydrogen-bond donors (Lipinski definition) is 2. The van der Waals surface area contributed by atoms with Crippen molar-refractivity contribution in [1.82, 2.24) is 20.4 Å². The van der Waals surface area contributed by atoms with Gasteiger partial charge in [-0.15, -0.1) is 9.89 Å². The first-order valence-electron chi connectivity index (χ1n) is 8.67. The van der Waals surface area contributed by atoms with Crippen molar-refractivity contribution in [3.8, 4) is 0 Å². The Kier molecular flexibility index (Phi) is 5.49. The van der Waals surface area contributed by atoms with Crippen LogP contribution in [0.2, 0.25) is 0 Å². The van der Waals surface area contributed by atoms with Crippen LogP contribution in [-0.2, 0) is 6.54 Å². The second-order valence-corrected chi connectivity index (χ2v) is 6.54. The van der Waals surface area contributed by atoms with Gasteiger partial charge in [0.2, 0.25) is 5.69 Å². The Morgan fingerprint density at radius 1 is 1.21 bits per heavy atom. The summed E-state index contributed by atoms with van der Waals surface area (Å²) in [6.07, 6.45) is 1.56. The third-order valence-electron chi connectivity index (χ3n) is 4.27. The van der Waals surface area contributed by atoms with Crippen molar-refractivity contribution in [2.75, 3.05) is 0 Å². The second kappa shape index (κ2) is 7.99. The summed E-state index contributed by atoms with van der Waals surface area (Å²) in [5, 5.41) is 12.9. The van der Waals surface area contributed by atoms with Gasteiger partial charge in [-0.25, -0.2) is 4.39 Å². The first-order valence-corrected chi connectivity index (χ1v) is 8.67. The number of nitrogens with zero attached hydrogens (tertiary/aromatic N) is 3. The molecule has 8 heteroatoms. The van der Waals surface area contributed by atoms with Gasteiger partial charge >= 0.3 is 5.56 Å². The Hall–Kier alpha value is -3.55. The molecule has 3 aromatic rings. The molecule has 28 heavy (non-hydrogen) atoms. The van der Waals surface area contributed by atoms with E-state index in [0.29, 0.717) is 5.56 Å². The molecule has 1 amide bonds. The fourth-order valence-corrected chi connectivity index (χ4v) is 2.90. The summed E-state index contributed by atoms with van der Waals surface area (Å²) < 4.78 is 12.9. The average Bonchev–Trinajstić information content (AvgIpc) is 3.01. The molecule has 0 radical (unpaired) electrons. The van der Waals surface area contributed by atoms with Gasteiger partial charge in [0.15, 0.2) is 0 Å². The maximum Gasteiger partial charge on any atom is 0.320 e. The predicted octanol–water partition coefficient (Wildman–Crippen LogP) is 2.45. The van der Waals surface area contributed by atoms with E-state index in [2.05, 4.69) is 20.7 Å². The van der Waals surface area contributed by atoms with Gasteiger partial charge in [-0.2, -0.15) is 10.3 Å². The number of aromatic nitrogens is 3. The summed E-state index contributed by atoms with van der Waals surface area (Å²) in [4.78, 5) is 25.5. The van der Waals surface area contributed by atoms with Gasteiger partial charge < -0.3 is 5.32 Å². The minimum atomic E-state index is -0.657. The number of halogens is 1. The molecule has 0 fully saturated rings. The monoisotopic (exact) mass is 381 g/mol. The molecule has 0 unspecified atom stereocenters. The maximum atomic E-state index is 12.9. The van der Waals surface area contributed by atoms with E-state index in [1.807, 2.05) is 32.9 Å². The van der Waals surface area contributed by atoms with Gasteiger partial charge in [0.25, 0.3) is 5.91 Å². The zero-order valence-corrected chi connectivity index (χ0v) is 15.8. The van der Waals surface area contributed by atoms with E-state index in [4.69, 9.17) is 0 Å². The van der Waals surface area contributed by atoms with E-state index in [1.54, 1.807) is 18.3 Å². The molecule has 0 saturated heterocycles. The lowest BCUT2D eigenvalue weighted by Crippen LogP contribution is -2.29. The minimum absolute atomic E-state index is 0.149. The topological polar surface area (TPSA) is 92.1 Å². The Bertz CT molecular complexity index is 1070. The lowest BCUT2D eigenvalue weighted by atomic mass is 10.0. The smallest absolute Gasteiger partial charge is 0.320 e. The number of carbonyl (C=O) groups is 1. The molecule has 0 bridgehead atoms. The second-order valence-electron chi connectivity index (χ2n) is 6.54. The molecule has 2 N–H and O–H groups in total. The highest BCUT2D eigenvalue weighted by molar-refractivity contribution is 5.91. The van der Waals surface area contributed by atoms with E-state index in [0.717, 1.165) is 27.0 Å². The van der Waals surface area contributed by atoms with Gasteiger partial charge in [-0.3, -0.25) is 9.59 Å². The van der Waals surface area contributed by atoms with E-state index in [9.17, 15) is 14.0 Å². The van der Waals surface area contributed by atoms with Crippen LogP contribution in [0, 0.1) is 26.6 Å². The Labute approximate surface area is 160 Å². The number of hydrogen-bond acceptors (Lipinski definition) is 4. The summed E-state index contributed by atoms with van der Waals surface area (Å²) in [5.74, 6) is -0.996. The van der Waals surface area contributed by atoms with Crippen molar-refractivity contribution in [3.05, 3.63) is 86.1 Å². The number of amides is 1. The van der Waals surface area contributed by atoms with E-state index in [-0.39, 0.29) is 18.1 Å². The Balaban J connectivity index is 1.74. The van der Waals surface area contributed by atoms with E-state index < -0.39 is 11.5 Å². The van der Waals surface area contributed by atoms with Crippen LogP contribution in [0.15, 0.2) is 46.3 Å². The zero-order chi connectivity index (χ0) is 20.3. The number of carbonyl (C=O) groups excluding carboxylic acids is 1. The number of nitrogens with one attached hydrogen (secondary N) is 2. The SMILES string of the molecule is Cc1cc(C)c(C=Nn2[nH]nc(C(=O)NCc3ccc(F)cc3)c2=O)c(C)c1. The van der Waals surface area contributed by atoms with Crippen LogP contribution in [0.5, 0.6) is 0 Å². The van der Waals surface area contributed by atoms with Crippen LogP contribution in [0.1, 0.15) is 38.3 Å². The Morgan fingerprint density at radius 2 is 1.86 bits per heavy atom. The largest absolute Gasteiger partial charge is 0.346 e. The first kappa shape index (κ1) is 19.2. The lowest BCUT2D eigenvalue weighted by molar-refractivity contribution is 0.0944. The quantitative estimate of drug-likeness (QED) is 0.665. The molecule has 3 rings (SSSR count). The number of aryl methyl sites for hydroxylation is 3. The van der Waals surface area contributed by atoms with Crippen LogP contribution in [-0.4, -0.2) is 27.2 Å². The number of H-pyrrole nitrogens is 1. The molecular weight excluding hydrogens is 361 g/mol. The van der Waals surface area contributed by atoms with Crippen molar-refractivity contribution in [2.24, 2.45) is 5.10 Å². The van der Waals surface area contributed by atoms with Gasteiger partial charge in [-0.05, 0) is 49.6 Å². The molecule has 0 aliphatic rings. The van der Waals surface area contributed by atoms with Crippen LogP contribution in [0.4, 0.5) is 4.39 Å². The molecule has 0 aliphatic heterocycles. The predicted molar refractivity (Wildman–Crippen MR) is 104 cm³/mol. The van der Waals surface area contributed by atoms with Gasteiger partial charge in [0.1, 0.15) is 5.82 Å². The standard InChI is InChI=1S/C20H20FN5O2/c1-12-8-13(2)17(14(3)9-12)11-23-26-20(28)18(24-25-26)19(27)22-10-15-4-6-16(21)7-5-15/h4-9,11,25H,10H2,1-3H3,(H,22,27). The van der Waals surface area contributed by atoms with Crippen LogP contribution in [0.3, 0.4) is 0 Å². The van der Waals surface area contributed by atoms with Crippen molar-refractivity contribution in [3.63, 3.8) is 0 Å². The molecule has 1 heterocycles. The highest BCUT2D eigenvalue weighted by atomic mass is 19.1. The van der Waals surface area contributed by atoms with Crippen molar-refractivity contribution >= 4 is 12.1 Å². The average molecular weight is 381 g/mol. The molecule has 0 aliphatic carbocycles. The van der Waals surface area contributed by atoms with Crippen LogP contribution in [0.25, 0.3) is 0 Å². The fraction of sp³-hybridized carbons (Fsp3) is 0.200. The molecule has 0 atom stereocenters. The maximum absolute atomic E-state index is 12.9. The van der Waals surface area contributed by atoms with Gasteiger partial charge in [0.05, 0.1) is 6.21 Å². The molecule has 0 saturated carbocycles. The molecule has 1 aromatic heterocycles. The lowest BCUT2D eigenvalue weighted by Gasteiger charge is -2.06. The molecule has 144 valence electrons. The van der Waals surface area contributed by atoms with Crippen molar-refractivity contribution in [2.45, 2.75) is 27.3 Å². The summed E-state index contributed by atoms with van der Waals surface area (Å²) >= 11 is 0. The molecule has 2 aromatic carbocycles. The normalized spacial score (nSPS) is 11.1. The molecule has 0 spiro atoms. The van der Waals surface area contributed by atoms with E-state index >= 15 is 0 Å². The summed E-state index contributed by atoms with van der Waals surface area (Å²) in [7, 11) is 0. The van der Waals surface area contributed by atoms with Crippen LogP contribution >= 0.6 is 0 Å². The van der Waals surface area contributed by atoms with Crippen molar-refractivity contribution < 1.29 is 9.18 Å². The molecular formula is C20H20FN5O2. The number of rotatable bonds is 5. The highest BCUT2D eigenvalue weighted by Gasteiger charge is 2.16. The number of aromatic amines is 1. The van der Waals surface area contributed by atoms with Crippen LogP contribution < -0.4 is 10.9 Å². The zero-order valence-electron chi connectivity index (χ0n) is 15.8.